The molecule has 0 atom stereocenters. The Balaban J connectivity index is 1.77. The molecule has 0 spiro atoms. The summed E-state index contributed by atoms with van der Waals surface area (Å²) in [6.45, 7) is 1.94. The van der Waals surface area contributed by atoms with Crippen molar-refractivity contribution in [3.05, 3.63) is 62.9 Å². The van der Waals surface area contributed by atoms with Crippen LogP contribution in [0.3, 0.4) is 0 Å². The highest BCUT2D eigenvalue weighted by Gasteiger charge is 2.10. The van der Waals surface area contributed by atoms with Gasteiger partial charge in [-0.25, -0.2) is 4.98 Å². The van der Waals surface area contributed by atoms with E-state index in [-0.39, 0.29) is 5.78 Å². The van der Waals surface area contributed by atoms with E-state index >= 15 is 0 Å². The molecule has 110 valence electrons. The van der Waals surface area contributed by atoms with E-state index in [2.05, 4.69) is 4.98 Å². The number of thiazole rings is 1. The van der Waals surface area contributed by atoms with Crippen molar-refractivity contribution in [3.63, 3.8) is 0 Å². The number of rotatable bonds is 5. The predicted octanol–water partition coefficient (Wildman–Crippen LogP) is 4.42. The van der Waals surface area contributed by atoms with Gasteiger partial charge < -0.3 is 0 Å². The Morgan fingerprint density at radius 2 is 2.05 bits per heavy atom. The van der Waals surface area contributed by atoms with Crippen LogP contribution < -0.4 is 0 Å². The Hall–Kier alpha value is -2.11. The average molecular weight is 327 g/mol. The van der Waals surface area contributed by atoms with Crippen LogP contribution in [-0.4, -0.2) is 17.1 Å². The van der Waals surface area contributed by atoms with Crippen molar-refractivity contribution in [2.75, 3.05) is 0 Å². The molecule has 0 aliphatic carbocycles. The topological polar surface area (TPSA) is 47.0 Å². The fraction of sp³-hybridized carbons (Fsp3) is 0.118. The largest absolute Gasteiger partial charge is 0.297 e. The van der Waals surface area contributed by atoms with E-state index in [1.54, 1.807) is 10.9 Å². The van der Waals surface area contributed by atoms with E-state index in [0.717, 1.165) is 32.7 Å². The summed E-state index contributed by atoms with van der Waals surface area (Å²) in [6.07, 6.45) is 1.25. The molecule has 22 heavy (non-hydrogen) atoms. The molecule has 0 saturated carbocycles. The highest BCUT2D eigenvalue weighted by atomic mass is 32.1. The zero-order valence-corrected chi connectivity index (χ0v) is 13.5. The molecule has 0 aliphatic heterocycles. The first-order valence-electron chi connectivity index (χ1n) is 6.73. The fourth-order valence-corrected chi connectivity index (χ4v) is 3.72. The maximum Gasteiger partial charge on any atom is 0.186 e. The third-order valence-corrected chi connectivity index (χ3v) is 5.18. The monoisotopic (exact) mass is 327 g/mol. The molecule has 0 saturated heterocycles. The van der Waals surface area contributed by atoms with Crippen molar-refractivity contribution < 1.29 is 9.59 Å². The summed E-state index contributed by atoms with van der Waals surface area (Å²) < 4.78 is 0. The molecule has 0 N–H and O–H groups in total. The Labute approximate surface area is 136 Å². The third-order valence-electron chi connectivity index (χ3n) is 3.38. The van der Waals surface area contributed by atoms with Gasteiger partial charge in [-0.05, 0) is 29.7 Å². The smallest absolute Gasteiger partial charge is 0.186 e. The minimum Gasteiger partial charge on any atom is -0.297 e. The number of carbonyl (C=O) groups is 2. The van der Waals surface area contributed by atoms with E-state index in [1.807, 2.05) is 37.3 Å². The van der Waals surface area contributed by atoms with Crippen molar-refractivity contribution in [1.82, 2.24) is 4.98 Å². The Morgan fingerprint density at radius 1 is 1.27 bits per heavy atom. The molecule has 3 aromatic rings. The highest BCUT2D eigenvalue weighted by molar-refractivity contribution is 7.17. The SMILES string of the molecule is Cc1cc(-c2ccc(CC(=O)c3cscn3)cc2)sc1C=O. The summed E-state index contributed by atoms with van der Waals surface area (Å²) in [6, 6.07) is 9.90. The van der Waals surface area contributed by atoms with E-state index < -0.39 is 0 Å². The van der Waals surface area contributed by atoms with Crippen LogP contribution in [-0.2, 0) is 6.42 Å². The first-order chi connectivity index (χ1) is 10.7. The summed E-state index contributed by atoms with van der Waals surface area (Å²) in [5.74, 6) is 0.0317. The van der Waals surface area contributed by atoms with Gasteiger partial charge in [0.15, 0.2) is 12.1 Å². The molecule has 0 amide bonds. The van der Waals surface area contributed by atoms with Crippen LogP contribution in [0.4, 0.5) is 0 Å². The van der Waals surface area contributed by atoms with Crippen LogP contribution in [0.2, 0.25) is 0 Å². The number of hydrogen-bond donors (Lipinski definition) is 0. The van der Waals surface area contributed by atoms with Crippen LogP contribution in [0.15, 0.2) is 41.2 Å². The number of aldehydes is 1. The molecule has 3 nitrogen and oxygen atoms in total. The van der Waals surface area contributed by atoms with Gasteiger partial charge in [0.2, 0.25) is 0 Å². The molecule has 3 rings (SSSR count). The normalized spacial score (nSPS) is 10.6. The van der Waals surface area contributed by atoms with Crippen molar-refractivity contribution in [2.45, 2.75) is 13.3 Å². The van der Waals surface area contributed by atoms with E-state index in [1.165, 1.54) is 22.7 Å². The number of aromatic nitrogens is 1. The van der Waals surface area contributed by atoms with Gasteiger partial charge in [-0.1, -0.05) is 24.3 Å². The van der Waals surface area contributed by atoms with Crippen LogP contribution >= 0.6 is 22.7 Å². The van der Waals surface area contributed by atoms with Gasteiger partial charge in [-0.3, -0.25) is 9.59 Å². The molecule has 2 heterocycles. The van der Waals surface area contributed by atoms with E-state index in [9.17, 15) is 9.59 Å². The number of hydrogen-bond acceptors (Lipinski definition) is 5. The molecular formula is C17H13NO2S2. The second kappa shape index (κ2) is 6.34. The highest BCUT2D eigenvalue weighted by Crippen LogP contribution is 2.30. The molecule has 0 bridgehead atoms. The summed E-state index contributed by atoms with van der Waals surface area (Å²) in [5, 5.41) is 1.77. The van der Waals surface area contributed by atoms with Gasteiger partial charge in [0, 0.05) is 16.7 Å². The van der Waals surface area contributed by atoms with Crippen molar-refractivity contribution in [1.29, 1.82) is 0 Å². The van der Waals surface area contributed by atoms with E-state index in [0.29, 0.717) is 12.1 Å². The number of carbonyl (C=O) groups excluding carboxylic acids is 2. The Bertz CT molecular complexity index is 802. The second-order valence-electron chi connectivity index (χ2n) is 4.95. The molecular weight excluding hydrogens is 314 g/mol. The number of thiophene rings is 1. The molecule has 0 fully saturated rings. The van der Waals surface area contributed by atoms with E-state index in [4.69, 9.17) is 0 Å². The quantitative estimate of drug-likeness (QED) is 0.515. The zero-order chi connectivity index (χ0) is 15.5. The van der Waals surface area contributed by atoms with Gasteiger partial charge in [0.25, 0.3) is 0 Å². The van der Waals surface area contributed by atoms with Gasteiger partial charge in [0.05, 0.1) is 10.4 Å². The number of nitrogens with zero attached hydrogens (tertiary/aromatic N) is 1. The summed E-state index contributed by atoms with van der Waals surface area (Å²) in [4.78, 5) is 28.8. The van der Waals surface area contributed by atoms with Crippen molar-refractivity contribution in [2.24, 2.45) is 0 Å². The zero-order valence-electron chi connectivity index (χ0n) is 11.9. The lowest BCUT2D eigenvalue weighted by atomic mass is 10.0. The minimum atomic E-state index is 0.0317. The van der Waals surface area contributed by atoms with Gasteiger partial charge in [-0.15, -0.1) is 22.7 Å². The Kier molecular flexibility index (Phi) is 4.27. The molecule has 0 radical (unpaired) electrons. The summed E-state index contributed by atoms with van der Waals surface area (Å²) >= 11 is 2.91. The summed E-state index contributed by atoms with van der Waals surface area (Å²) in [7, 11) is 0. The Morgan fingerprint density at radius 3 is 2.64 bits per heavy atom. The number of Topliss-reactive ketones (excluding diaryl/α,β-unsaturated/α-hetero) is 1. The third kappa shape index (κ3) is 3.05. The van der Waals surface area contributed by atoms with Crippen molar-refractivity contribution >= 4 is 34.7 Å². The lowest BCUT2D eigenvalue weighted by Gasteiger charge is -2.01. The lowest BCUT2D eigenvalue weighted by Crippen LogP contribution is -2.03. The number of ketones is 1. The predicted molar refractivity (Wildman–Crippen MR) is 90.0 cm³/mol. The first kappa shape index (κ1) is 14.8. The van der Waals surface area contributed by atoms with Crippen molar-refractivity contribution in [3.8, 4) is 10.4 Å². The summed E-state index contributed by atoms with van der Waals surface area (Å²) in [5.41, 5.74) is 5.22. The number of aryl methyl sites for hydroxylation is 1. The van der Waals surface area contributed by atoms with Crippen LogP contribution in [0.25, 0.3) is 10.4 Å². The lowest BCUT2D eigenvalue weighted by molar-refractivity contribution is 0.0988. The van der Waals surface area contributed by atoms with Gasteiger partial charge in [0.1, 0.15) is 5.69 Å². The van der Waals surface area contributed by atoms with Crippen LogP contribution in [0, 0.1) is 6.92 Å². The maximum atomic E-state index is 12.0. The van der Waals surface area contributed by atoms with Gasteiger partial charge in [-0.2, -0.15) is 0 Å². The average Bonchev–Trinajstić information content (AvgIpc) is 3.17. The maximum absolute atomic E-state index is 12.0. The molecule has 0 aliphatic rings. The molecule has 5 heteroatoms. The van der Waals surface area contributed by atoms with Crippen LogP contribution in [0.5, 0.6) is 0 Å². The first-order valence-corrected chi connectivity index (χ1v) is 8.49. The second-order valence-corrected chi connectivity index (χ2v) is 6.75. The molecule has 2 aromatic heterocycles. The standard InChI is InChI=1S/C17H13NO2S2/c1-11-6-16(22-17(11)8-19)13-4-2-12(3-5-13)7-15(20)14-9-21-10-18-14/h2-6,8-10H,7H2,1H3. The molecule has 0 unspecified atom stereocenters. The molecule has 1 aromatic carbocycles. The van der Waals surface area contributed by atoms with Crippen LogP contribution in [0.1, 0.15) is 31.3 Å². The number of benzene rings is 1. The van der Waals surface area contributed by atoms with Gasteiger partial charge >= 0.3 is 0 Å². The fourth-order valence-electron chi connectivity index (χ4n) is 2.17. The minimum absolute atomic E-state index is 0.0317.